The maximum Gasteiger partial charge on any atom is 0.000974 e. The molecule has 2 atom stereocenters. The molecular weight excluding hydrogens is 172 g/mol. The number of nitrogens with two attached hydrogens (primary N) is 1. The van der Waals surface area contributed by atoms with Gasteiger partial charge in [0.2, 0.25) is 0 Å². The minimum absolute atomic E-state index is 0.748. The van der Waals surface area contributed by atoms with E-state index in [0.29, 0.717) is 0 Å². The van der Waals surface area contributed by atoms with Crippen molar-refractivity contribution in [2.45, 2.75) is 33.1 Å². The Balaban J connectivity index is 2.42. The van der Waals surface area contributed by atoms with Gasteiger partial charge in [0.05, 0.1) is 0 Å². The van der Waals surface area contributed by atoms with Gasteiger partial charge in [-0.3, -0.25) is 0 Å². The second kappa shape index (κ2) is 5.72. The summed E-state index contributed by atoms with van der Waals surface area (Å²) in [5.74, 6) is 2.38. The Labute approximate surface area is 88.8 Å². The lowest BCUT2D eigenvalue weighted by atomic mass is 9.81. The predicted octanol–water partition coefficient (Wildman–Crippen LogP) is 1.95. The molecule has 0 aromatic carbocycles. The molecule has 1 aliphatic heterocycles. The summed E-state index contributed by atoms with van der Waals surface area (Å²) in [6.07, 6.45) is 4.05. The van der Waals surface area contributed by atoms with Crippen LogP contribution in [0.4, 0.5) is 0 Å². The van der Waals surface area contributed by atoms with Crippen LogP contribution in [-0.4, -0.2) is 31.6 Å². The summed E-state index contributed by atoms with van der Waals surface area (Å²) in [6.45, 7) is 8.01. The molecule has 1 aliphatic rings. The molecule has 84 valence electrons. The quantitative estimate of drug-likeness (QED) is 0.748. The third kappa shape index (κ3) is 3.58. The van der Waals surface area contributed by atoms with E-state index in [0.717, 1.165) is 24.3 Å². The monoisotopic (exact) mass is 198 g/mol. The highest BCUT2D eigenvalue weighted by Crippen LogP contribution is 2.27. The van der Waals surface area contributed by atoms with Crippen molar-refractivity contribution < 1.29 is 0 Å². The normalized spacial score (nSPS) is 26.8. The Bertz CT molecular complexity index is 154. The van der Waals surface area contributed by atoms with Crippen molar-refractivity contribution in [1.29, 1.82) is 0 Å². The van der Waals surface area contributed by atoms with E-state index in [4.69, 9.17) is 5.73 Å². The Kier molecular flexibility index (Phi) is 4.90. The highest BCUT2D eigenvalue weighted by Gasteiger charge is 2.25. The molecule has 0 aliphatic carbocycles. The summed E-state index contributed by atoms with van der Waals surface area (Å²) < 4.78 is 0. The molecule has 0 aromatic rings. The second-order valence-corrected chi connectivity index (χ2v) is 5.29. The lowest BCUT2D eigenvalue weighted by Gasteiger charge is -2.35. The number of nitrogens with zero attached hydrogens (tertiary/aromatic N) is 1. The summed E-state index contributed by atoms with van der Waals surface area (Å²) >= 11 is 0. The van der Waals surface area contributed by atoms with Crippen molar-refractivity contribution in [3.63, 3.8) is 0 Å². The fraction of sp³-hybridized carbons (Fsp3) is 1.00. The SMILES string of the molecule is CC(C)CC(CN)C1CCCN(C)C1. The average Bonchev–Trinajstić information content (AvgIpc) is 2.14. The Morgan fingerprint density at radius 3 is 2.64 bits per heavy atom. The van der Waals surface area contributed by atoms with Crippen molar-refractivity contribution in [3.8, 4) is 0 Å². The largest absolute Gasteiger partial charge is 0.330 e. The first-order valence-electron chi connectivity index (χ1n) is 6.02. The van der Waals surface area contributed by atoms with Gasteiger partial charge in [0, 0.05) is 6.54 Å². The zero-order valence-corrected chi connectivity index (χ0v) is 10.00. The molecule has 14 heavy (non-hydrogen) atoms. The van der Waals surface area contributed by atoms with E-state index in [2.05, 4.69) is 25.8 Å². The number of hydrogen-bond donors (Lipinski definition) is 1. The van der Waals surface area contributed by atoms with Crippen LogP contribution < -0.4 is 5.73 Å². The van der Waals surface area contributed by atoms with Gasteiger partial charge in [0.15, 0.2) is 0 Å². The Morgan fingerprint density at radius 2 is 2.14 bits per heavy atom. The first kappa shape index (κ1) is 12.0. The van der Waals surface area contributed by atoms with Crippen molar-refractivity contribution >= 4 is 0 Å². The molecule has 2 heteroatoms. The zero-order valence-electron chi connectivity index (χ0n) is 10.00. The molecule has 0 saturated carbocycles. The highest BCUT2D eigenvalue weighted by molar-refractivity contribution is 4.78. The van der Waals surface area contributed by atoms with Crippen LogP contribution in [0.15, 0.2) is 0 Å². The molecule has 0 amide bonds. The van der Waals surface area contributed by atoms with Crippen LogP contribution in [0.2, 0.25) is 0 Å². The van der Waals surface area contributed by atoms with Gasteiger partial charge in [-0.2, -0.15) is 0 Å². The summed E-state index contributed by atoms with van der Waals surface area (Å²) in [5.41, 5.74) is 5.88. The van der Waals surface area contributed by atoms with Crippen LogP contribution in [0.3, 0.4) is 0 Å². The van der Waals surface area contributed by atoms with Crippen molar-refractivity contribution in [1.82, 2.24) is 4.90 Å². The Morgan fingerprint density at radius 1 is 1.43 bits per heavy atom. The average molecular weight is 198 g/mol. The van der Waals surface area contributed by atoms with Crippen molar-refractivity contribution in [2.24, 2.45) is 23.5 Å². The molecular formula is C12H26N2. The smallest absolute Gasteiger partial charge is 0.000974 e. The molecule has 2 N–H and O–H groups in total. The summed E-state index contributed by atoms with van der Waals surface area (Å²) in [7, 11) is 2.23. The standard InChI is InChI=1S/C12H26N2/c1-10(2)7-12(8-13)11-5-4-6-14(3)9-11/h10-12H,4-9,13H2,1-3H3. The maximum atomic E-state index is 5.88. The van der Waals surface area contributed by atoms with Crippen LogP contribution in [0, 0.1) is 17.8 Å². The third-order valence-corrected chi connectivity index (χ3v) is 3.40. The van der Waals surface area contributed by atoms with Crippen LogP contribution in [0.25, 0.3) is 0 Å². The van der Waals surface area contributed by atoms with Gasteiger partial charge in [-0.05, 0) is 57.2 Å². The first-order valence-corrected chi connectivity index (χ1v) is 6.02. The predicted molar refractivity (Wildman–Crippen MR) is 62.2 cm³/mol. The maximum absolute atomic E-state index is 5.88. The zero-order chi connectivity index (χ0) is 10.6. The molecule has 1 saturated heterocycles. The minimum Gasteiger partial charge on any atom is -0.330 e. The van der Waals surface area contributed by atoms with Gasteiger partial charge in [-0.15, -0.1) is 0 Å². The fourth-order valence-corrected chi connectivity index (χ4v) is 2.68. The van der Waals surface area contributed by atoms with Gasteiger partial charge in [0.25, 0.3) is 0 Å². The van der Waals surface area contributed by atoms with E-state index in [1.807, 2.05) is 0 Å². The molecule has 1 fully saturated rings. The molecule has 1 rings (SSSR count). The van der Waals surface area contributed by atoms with Gasteiger partial charge < -0.3 is 10.6 Å². The molecule has 1 heterocycles. The summed E-state index contributed by atoms with van der Waals surface area (Å²) in [6, 6.07) is 0. The molecule has 0 radical (unpaired) electrons. The lowest BCUT2D eigenvalue weighted by molar-refractivity contribution is 0.149. The van der Waals surface area contributed by atoms with Gasteiger partial charge >= 0.3 is 0 Å². The second-order valence-electron chi connectivity index (χ2n) is 5.29. The van der Waals surface area contributed by atoms with Crippen LogP contribution >= 0.6 is 0 Å². The van der Waals surface area contributed by atoms with Crippen LogP contribution in [0.1, 0.15) is 33.1 Å². The first-order chi connectivity index (χ1) is 6.63. The van der Waals surface area contributed by atoms with E-state index in [-0.39, 0.29) is 0 Å². The molecule has 0 spiro atoms. The molecule has 0 bridgehead atoms. The van der Waals surface area contributed by atoms with E-state index in [1.54, 1.807) is 0 Å². The van der Waals surface area contributed by atoms with Crippen molar-refractivity contribution in [2.75, 3.05) is 26.7 Å². The fourth-order valence-electron chi connectivity index (χ4n) is 2.68. The molecule has 2 nitrogen and oxygen atoms in total. The summed E-state index contributed by atoms with van der Waals surface area (Å²) in [5, 5.41) is 0. The van der Waals surface area contributed by atoms with Crippen LogP contribution in [0.5, 0.6) is 0 Å². The van der Waals surface area contributed by atoms with E-state index >= 15 is 0 Å². The number of likely N-dealkylation sites (tertiary alicyclic amines) is 1. The topological polar surface area (TPSA) is 29.3 Å². The van der Waals surface area contributed by atoms with E-state index in [9.17, 15) is 0 Å². The van der Waals surface area contributed by atoms with Gasteiger partial charge in [-0.25, -0.2) is 0 Å². The van der Waals surface area contributed by atoms with Crippen LogP contribution in [-0.2, 0) is 0 Å². The molecule has 2 unspecified atom stereocenters. The number of rotatable bonds is 4. The Hall–Kier alpha value is -0.0800. The number of hydrogen-bond acceptors (Lipinski definition) is 2. The van der Waals surface area contributed by atoms with Crippen molar-refractivity contribution in [3.05, 3.63) is 0 Å². The summed E-state index contributed by atoms with van der Waals surface area (Å²) in [4.78, 5) is 2.46. The van der Waals surface area contributed by atoms with Gasteiger partial charge in [0.1, 0.15) is 0 Å². The molecule has 0 aromatic heterocycles. The van der Waals surface area contributed by atoms with E-state index < -0.39 is 0 Å². The third-order valence-electron chi connectivity index (χ3n) is 3.40. The van der Waals surface area contributed by atoms with E-state index in [1.165, 1.54) is 32.4 Å². The minimum atomic E-state index is 0.748. The number of piperidine rings is 1. The van der Waals surface area contributed by atoms with Gasteiger partial charge in [-0.1, -0.05) is 13.8 Å². The highest BCUT2D eigenvalue weighted by atomic mass is 15.1. The lowest BCUT2D eigenvalue weighted by Crippen LogP contribution is -2.38.